The third kappa shape index (κ3) is 4.44. The number of amides is 1. The zero-order valence-corrected chi connectivity index (χ0v) is 19.6. The molecule has 1 amide bonds. The van der Waals surface area contributed by atoms with Gasteiger partial charge in [-0.25, -0.2) is 14.6 Å². The number of rotatable bonds is 8. The molecule has 2 N–H and O–H groups in total. The molecule has 2 aromatic heterocycles. The SMILES string of the molecule is COc1cccc(C(=O)NCCNc2nc(C3CC3)nc3c2c(C)nn3-c2ccc(C)cc2)c1. The molecule has 2 heterocycles. The lowest BCUT2D eigenvalue weighted by Crippen LogP contribution is -2.29. The van der Waals surface area contributed by atoms with Crippen molar-refractivity contribution in [3.8, 4) is 11.4 Å². The van der Waals surface area contributed by atoms with Crippen LogP contribution >= 0.6 is 0 Å². The fraction of sp³-hybridized carbons (Fsp3) is 0.308. The highest BCUT2D eigenvalue weighted by atomic mass is 16.5. The molecule has 8 nitrogen and oxygen atoms in total. The summed E-state index contributed by atoms with van der Waals surface area (Å²) in [5.74, 6) is 2.53. The van der Waals surface area contributed by atoms with E-state index in [1.807, 2.05) is 17.7 Å². The number of nitrogens with one attached hydrogen (secondary N) is 2. The first-order valence-corrected chi connectivity index (χ1v) is 11.5. The predicted octanol–water partition coefficient (Wildman–Crippen LogP) is 4.16. The van der Waals surface area contributed by atoms with Crippen molar-refractivity contribution in [3.63, 3.8) is 0 Å². The summed E-state index contributed by atoms with van der Waals surface area (Å²) >= 11 is 0. The number of carbonyl (C=O) groups is 1. The van der Waals surface area contributed by atoms with Crippen LogP contribution in [0.25, 0.3) is 16.7 Å². The Morgan fingerprint density at radius 2 is 1.88 bits per heavy atom. The van der Waals surface area contributed by atoms with Gasteiger partial charge in [0.1, 0.15) is 17.4 Å². The molecule has 0 radical (unpaired) electrons. The van der Waals surface area contributed by atoms with E-state index >= 15 is 0 Å². The smallest absolute Gasteiger partial charge is 0.251 e. The largest absolute Gasteiger partial charge is 0.497 e. The monoisotopic (exact) mass is 456 g/mol. The van der Waals surface area contributed by atoms with Crippen LogP contribution in [0.15, 0.2) is 48.5 Å². The summed E-state index contributed by atoms with van der Waals surface area (Å²) in [5.41, 5.74) is 4.40. The van der Waals surface area contributed by atoms with Gasteiger partial charge >= 0.3 is 0 Å². The van der Waals surface area contributed by atoms with Gasteiger partial charge in [-0.15, -0.1) is 0 Å². The summed E-state index contributed by atoms with van der Waals surface area (Å²) in [7, 11) is 1.59. The Labute approximate surface area is 198 Å². The van der Waals surface area contributed by atoms with Crippen molar-refractivity contribution < 1.29 is 9.53 Å². The molecule has 0 saturated heterocycles. The fourth-order valence-electron chi connectivity index (χ4n) is 3.94. The minimum atomic E-state index is -0.143. The van der Waals surface area contributed by atoms with Crippen LogP contribution in [0, 0.1) is 13.8 Å². The van der Waals surface area contributed by atoms with Gasteiger partial charge in [-0.2, -0.15) is 5.10 Å². The van der Waals surface area contributed by atoms with Gasteiger partial charge in [0.25, 0.3) is 5.91 Å². The van der Waals surface area contributed by atoms with Crippen LogP contribution in [0.1, 0.15) is 46.2 Å². The summed E-state index contributed by atoms with van der Waals surface area (Å²) in [4.78, 5) is 22.2. The summed E-state index contributed by atoms with van der Waals surface area (Å²) in [6.07, 6.45) is 2.22. The Bertz CT molecular complexity index is 1340. The fourth-order valence-corrected chi connectivity index (χ4v) is 3.94. The number of benzene rings is 2. The van der Waals surface area contributed by atoms with Gasteiger partial charge in [0.05, 0.1) is 23.9 Å². The molecule has 2 aromatic carbocycles. The highest BCUT2D eigenvalue weighted by molar-refractivity contribution is 5.94. The topological polar surface area (TPSA) is 94.0 Å². The number of anilines is 1. The molecule has 1 saturated carbocycles. The molecule has 5 rings (SSSR count). The van der Waals surface area contributed by atoms with Crippen LogP contribution < -0.4 is 15.4 Å². The van der Waals surface area contributed by atoms with Crippen LogP contribution in [-0.4, -0.2) is 45.9 Å². The van der Waals surface area contributed by atoms with E-state index < -0.39 is 0 Å². The molecule has 1 fully saturated rings. The lowest BCUT2D eigenvalue weighted by atomic mass is 10.2. The Kier molecular flexibility index (Phi) is 5.88. The number of aryl methyl sites for hydroxylation is 2. The first-order chi connectivity index (χ1) is 16.5. The molecule has 34 heavy (non-hydrogen) atoms. The normalized spacial score (nSPS) is 13.1. The van der Waals surface area contributed by atoms with Gasteiger partial charge in [0.15, 0.2) is 5.65 Å². The summed E-state index contributed by atoms with van der Waals surface area (Å²) in [6, 6.07) is 15.4. The number of ether oxygens (including phenoxy) is 1. The Balaban J connectivity index is 1.36. The number of aromatic nitrogens is 4. The lowest BCUT2D eigenvalue weighted by Gasteiger charge is -2.11. The standard InChI is InChI=1S/C26H28N6O2/c1-16-7-11-20(12-8-16)32-25-22(17(2)31-32)24(29-23(30-25)18-9-10-18)27-13-14-28-26(33)19-5-4-6-21(15-19)34-3/h4-8,11-12,15,18H,9-10,13-14H2,1-3H3,(H,28,33)(H,27,29,30). The molecule has 8 heteroatoms. The molecular weight excluding hydrogens is 428 g/mol. The predicted molar refractivity (Wildman–Crippen MR) is 132 cm³/mol. The Hall–Kier alpha value is -3.94. The van der Waals surface area contributed by atoms with E-state index in [-0.39, 0.29) is 5.91 Å². The number of fused-ring (bicyclic) bond motifs is 1. The molecule has 174 valence electrons. The van der Waals surface area contributed by atoms with Crippen LogP contribution in [0.5, 0.6) is 5.75 Å². The Morgan fingerprint density at radius 1 is 1.09 bits per heavy atom. The Morgan fingerprint density at radius 3 is 2.62 bits per heavy atom. The van der Waals surface area contributed by atoms with Gasteiger partial charge in [-0.05, 0) is 57.0 Å². The molecule has 0 aliphatic heterocycles. The van der Waals surface area contributed by atoms with Crippen molar-refractivity contribution in [2.45, 2.75) is 32.6 Å². The molecule has 1 aliphatic carbocycles. The van der Waals surface area contributed by atoms with Gasteiger partial charge in [0.2, 0.25) is 0 Å². The highest BCUT2D eigenvalue weighted by Crippen LogP contribution is 2.40. The van der Waals surface area contributed by atoms with Crippen molar-refractivity contribution in [2.24, 2.45) is 0 Å². The molecule has 0 spiro atoms. The summed E-state index contributed by atoms with van der Waals surface area (Å²) in [6.45, 7) is 5.02. The van der Waals surface area contributed by atoms with Crippen LogP contribution in [0.2, 0.25) is 0 Å². The number of nitrogens with zero attached hydrogens (tertiary/aromatic N) is 4. The van der Waals surface area contributed by atoms with Gasteiger partial charge < -0.3 is 15.4 Å². The second kappa shape index (κ2) is 9.13. The summed E-state index contributed by atoms with van der Waals surface area (Å²) in [5, 5.41) is 12.0. The van der Waals surface area contributed by atoms with E-state index in [4.69, 9.17) is 19.8 Å². The first kappa shape index (κ1) is 21.9. The van der Waals surface area contributed by atoms with E-state index in [9.17, 15) is 4.79 Å². The van der Waals surface area contributed by atoms with E-state index in [0.29, 0.717) is 30.3 Å². The third-order valence-corrected chi connectivity index (χ3v) is 5.98. The zero-order chi connectivity index (χ0) is 23.7. The van der Waals surface area contributed by atoms with Crippen molar-refractivity contribution in [3.05, 3.63) is 71.2 Å². The molecule has 1 aliphatic rings. The highest BCUT2D eigenvalue weighted by Gasteiger charge is 2.29. The van der Waals surface area contributed by atoms with E-state index in [2.05, 4.69) is 41.8 Å². The van der Waals surface area contributed by atoms with E-state index in [1.54, 1.807) is 25.3 Å². The molecular formula is C26H28N6O2. The maximum absolute atomic E-state index is 12.5. The number of hydrogen-bond acceptors (Lipinski definition) is 6. The average molecular weight is 457 g/mol. The van der Waals surface area contributed by atoms with Crippen LogP contribution in [0.3, 0.4) is 0 Å². The van der Waals surface area contributed by atoms with E-state index in [0.717, 1.165) is 46.9 Å². The van der Waals surface area contributed by atoms with Gasteiger partial charge in [-0.3, -0.25) is 4.79 Å². The molecule has 0 bridgehead atoms. The van der Waals surface area contributed by atoms with Crippen molar-refractivity contribution in [1.29, 1.82) is 0 Å². The number of methoxy groups -OCH3 is 1. The van der Waals surface area contributed by atoms with Crippen LogP contribution in [-0.2, 0) is 0 Å². The summed E-state index contributed by atoms with van der Waals surface area (Å²) < 4.78 is 7.10. The maximum Gasteiger partial charge on any atom is 0.251 e. The first-order valence-electron chi connectivity index (χ1n) is 11.5. The zero-order valence-electron chi connectivity index (χ0n) is 19.6. The number of carbonyl (C=O) groups excluding carboxylic acids is 1. The molecule has 4 aromatic rings. The van der Waals surface area contributed by atoms with Crippen molar-refractivity contribution in [1.82, 2.24) is 25.1 Å². The van der Waals surface area contributed by atoms with Gasteiger partial charge in [0, 0.05) is 24.6 Å². The minimum Gasteiger partial charge on any atom is -0.497 e. The second-order valence-electron chi connectivity index (χ2n) is 8.65. The van der Waals surface area contributed by atoms with Crippen LogP contribution in [0.4, 0.5) is 5.82 Å². The van der Waals surface area contributed by atoms with Gasteiger partial charge in [-0.1, -0.05) is 23.8 Å². The minimum absolute atomic E-state index is 0.143. The second-order valence-corrected chi connectivity index (χ2v) is 8.65. The number of hydrogen-bond donors (Lipinski definition) is 2. The average Bonchev–Trinajstić information content (AvgIpc) is 3.66. The molecule has 0 unspecified atom stereocenters. The van der Waals surface area contributed by atoms with Crippen molar-refractivity contribution >= 4 is 22.8 Å². The lowest BCUT2D eigenvalue weighted by molar-refractivity contribution is 0.0955. The maximum atomic E-state index is 12.5. The van der Waals surface area contributed by atoms with Crippen molar-refractivity contribution in [2.75, 3.05) is 25.5 Å². The molecule has 0 atom stereocenters. The van der Waals surface area contributed by atoms with E-state index in [1.165, 1.54) is 5.56 Å². The quantitative estimate of drug-likeness (QED) is 0.387. The third-order valence-electron chi connectivity index (χ3n) is 5.98.